The van der Waals surface area contributed by atoms with Crippen LogP contribution in [-0.4, -0.2) is 28.7 Å². The number of carbonyl (C=O) groups is 1. The van der Waals surface area contributed by atoms with Gasteiger partial charge in [0.25, 0.3) is 5.56 Å². The second kappa shape index (κ2) is 8.43. The summed E-state index contributed by atoms with van der Waals surface area (Å²) in [4.78, 5) is 31.4. The van der Waals surface area contributed by atoms with E-state index < -0.39 is 0 Å². The predicted octanol–water partition coefficient (Wildman–Crippen LogP) is 3.51. The Morgan fingerprint density at radius 3 is 2.68 bits per heavy atom. The molecule has 0 aliphatic carbocycles. The smallest absolute Gasteiger partial charge is 0.262 e. The molecule has 8 heteroatoms. The number of nitrogens with zero attached hydrogens (tertiary/aromatic N) is 2. The molecule has 0 atom stereocenters. The first-order valence-corrected chi connectivity index (χ1v) is 9.90. The minimum absolute atomic E-state index is 0.138. The lowest BCUT2D eigenvalue weighted by molar-refractivity contribution is -0.116. The van der Waals surface area contributed by atoms with Crippen LogP contribution in [-0.2, 0) is 11.3 Å². The number of aromatic nitrogens is 2. The third-order valence-electron chi connectivity index (χ3n) is 4.31. The third kappa shape index (κ3) is 4.01. The second-order valence-corrected chi connectivity index (χ2v) is 7.42. The number of anilines is 1. The molecule has 0 radical (unpaired) electrons. The van der Waals surface area contributed by atoms with Gasteiger partial charge >= 0.3 is 0 Å². The Balaban J connectivity index is 1.85. The van der Waals surface area contributed by atoms with Gasteiger partial charge < -0.3 is 14.8 Å². The molecule has 1 aromatic carbocycles. The summed E-state index contributed by atoms with van der Waals surface area (Å²) in [7, 11) is 0. The molecule has 3 rings (SSSR count). The van der Waals surface area contributed by atoms with Crippen molar-refractivity contribution in [3.05, 3.63) is 45.3 Å². The minimum Gasteiger partial charge on any atom is -0.494 e. The standard InChI is InChI=1S/C20H23N3O4S/c1-5-26-14-7-8-16(27-6-2)15(9-14)22-17(24)10-23-11-21-19-18(20(23)25)12(3)13(4)28-19/h7-9,11H,5-6,10H2,1-4H3,(H,22,24). The molecule has 0 unspecified atom stereocenters. The monoisotopic (exact) mass is 401 g/mol. The Morgan fingerprint density at radius 1 is 1.21 bits per heavy atom. The fraction of sp³-hybridized carbons (Fsp3) is 0.350. The number of ether oxygens (including phenoxy) is 2. The quantitative estimate of drug-likeness (QED) is 0.655. The Hall–Kier alpha value is -2.87. The zero-order valence-corrected chi connectivity index (χ0v) is 17.2. The van der Waals surface area contributed by atoms with Gasteiger partial charge in [0.2, 0.25) is 5.91 Å². The highest BCUT2D eigenvalue weighted by molar-refractivity contribution is 7.18. The molecule has 148 valence electrons. The van der Waals surface area contributed by atoms with Crippen LogP contribution in [0.25, 0.3) is 10.2 Å². The summed E-state index contributed by atoms with van der Waals surface area (Å²) in [6.07, 6.45) is 1.42. The average Bonchev–Trinajstić information content (AvgIpc) is 2.95. The number of hydrogen-bond acceptors (Lipinski definition) is 6. The first-order chi connectivity index (χ1) is 13.4. The Kier molecular flexibility index (Phi) is 5.99. The van der Waals surface area contributed by atoms with Crippen molar-refractivity contribution in [1.29, 1.82) is 0 Å². The SMILES string of the molecule is CCOc1ccc(OCC)c(NC(=O)Cn2cnc3sc(C)c(C)c3c2=O)c1. The molecule has 0 aliphatic heterocycles. The van der Waals surface area contributed by atoms with E-state index in [2.05, 4.69) is 10.3 Å². The van der Waals surface area contributed by atoms with Gasteiger partial charge in [-0.05, 0) is 45.4 Å². The highest BCUT2D eigenvalue weighted by atomic mass is 32.1. The number of aryl methyl sites for hydroxylation is 2. The number of amides is 1. The first kappa shape index (κ1) is 19.9. The number of rotatable bonds is 7. The molecule has 0 saturated heterocycles. The third-order valence-corrected chi connectivity index (χ3v) is 5.42. The van der Waals surface area contributed by atoms with Gasteiger partial charge in [-0.2, -0.15) is 0 Å². The molecule has 3 aromatic rings. The summed E-state index contributed by atoms with van der Waals surface area (Å²) >= 11 is 1.48. The lowest BCUT2D eigenvalue weighted by atomic mass is 10.2. The molecule has 0 fully saturated rings. The number of fused-ring (bicyclic) bond motifs is 1. The topological polar surface area (TPSA) is 82.4 Å². The van der Waals surface area contributed by atoms with Crippen molar-refractivity contribution in [2.24, 2.45) is 0 Å². The van der Waals surface area contributed by atoms with Crippen LogP contribution >= 0.6 is 11.3 Å². The maximum atomic E-state index is 12.8. The number of thiophene rings is 1. The van der Waals surface area contributed by atoms with Crippen molar-refractivity contribution in [1.82, 2.24) is 9.55 Å². The van der Waals surface area contributed by atoms with E-state index in [1.54, 1.807) is 18.2 Å². The molecule has 1 N–H and O–H groups in total. The van der Waals surface area contributed by atoms with Crippen LogP contribution in [0, 0.1) is 13.8 Å². The number of benzene rings is 1. The van der Waals surface area contributed by atoms with E-state index in [-0.39, 0.29) is 18.0 Å². The number of hydrogen-bond donors (Lipinski definition) is 1. The largest absolute Gasteiger partial charge is 0.494 e. The normalized spacial score (nSPS) is 10.9. The summed E-state index contributed by atoms with van der Waals surface area (Å²) in [5, 5.41) is 3.38. The van der Waals surface area contributed by atoms with Gasteiger partial charge in [-0.3, -0.25) is 14.2 Å². The lowest BCUT2D eigenvalue weighted by Gasteiger charge is -2.14. The first-order valence-electron chi connectivity index (χ1n) is 9.09. The van der Waals surface area contributed by atoms with Crippen LogP contribution in [0.2, 0.25) is 0 Å². The summed E-state index contributed by atoms with van der Waals surface area (Å²) in [5.74, 6) is 0.831. The van der Waals surface area contributed by atoms with Crippen LogP contribution in [0.4, 0.5) is 5.69 Å². The van der Waals surface area contributed by atoms with Crippen LogP contribution in [0.15, 0.2) is 29.3 Å². The van der Waals surface area contributed by atoms with Crippen molar-refractivity contribution in [2.75, 3.05) is 18.5 Å². The highest BCUT2D eigenvalue weighted by Crippen LogP contribution is 2.29. The van der Waals surface area contributed by atoms with E-state index >= 15 is 0 Å². The van der Waals surface area contributed by atoms with Crippen molar-refractivity contribution in [3.63, 3.8) is 0 Å². The van der Waals surface area contributed by atoms with Crippen molar-refractivity contribution < 1.29 is 14.3 Å². The van der Waals surface area contributed by atoms with Gasteiger partial charge in [0.05, 0.1) is 30.6 Å². The molecule has 28 heavy (non-hydrogen) atoms. The molecular weight excluding hydrogens is 378 g/mol. The Bertz CT molecular complexity index is 1070. The van der Waals surface area contributed by atoms with Gasteiger partial charge in [0.1, 0.15) is 22.9 Å². The van der Waals surface area contributed by atoms with Crippen LogP contribution < -0.4 is 20.3 Å². The van der Waals surface area contributed by atoms with Gasteiger partial charge in [-0.25, -0.2) is 4.98 Å². The molecule has 0 aliphatic rings. The molecular formula is C20H23N3O4S. The Labute approximate surface area is 166 Å². The fourth-order valence-corrected chi connectivity index (χ4v) is 3.86. The highest BCUT2D eigenvalue weighted by Gasteiger charge is 2.15. The Morgan fingerprint density at radius 2 is 1.96 bits per heavy atom. The zero-order valence-electron chi connectivity index (χ0n) is 16.4. The summed E-state index contributed by atoms with van der Waals surface area (Å²) in [6.45, 7) is 8.45. The molecule has 0 bridgehead atoms. The van der Waals surface area contributed by atoms with Crippen molar-refractivity contribution in [3.8, 4) is 11.5 Å². The molecule has 0 saturated carbocycles. The van der Waals surface area contributed by atoms with E-state index in [9.17, 15) is 9.59 Å². The van der Waals surface area contributed by atoms with Crippen molar-refractivity contribution in [2.45, 2.75) is 34.2 Å². The van der Waals surface area contributed by atoms with E-state index in [1.807, 2.05) is 27.7 Å². The van der Waals surface area contributed by atoms with Gasteiger partial charge in [-0.1, -0.05) is 0 Å². The van der Waals surface area contributed by atoms with Crippen LogP contribution in [0.5, 0.6) is 11.5 Å². The fourth-order valence-electron chi connectivity index (χ4n) is 2.87. The van der Waals surface area contributed by atoms with E-state index in [0.717, 1.165) is 10.4 Å². The van der Waals surface area contributed by atoms with Gasteiger partial charge in [-0.15, -0.1) is 11.3 Å². The summed E-state index contributed by atoms with van der Waals surface area (Å²) in [6, 6.07) is 5.25. The molecule has 7 nitrogen and oxygen atoms in total. The number of nitrogens with one attached hydrogen (secondary N) is 1. The summed E-state index contributed by atoms with van der Waals surface area (Å²) in [5.41, 5.74) is 1.20. The predicted molar refractivity (Wildman–Crippen MR) is 111 cm³/mol. The molecule has 2 heterocycles. The van der Waals surface area contributed by atoms with Gasteiger partial charge in [0, 0.05) is 10.9 Å². The molecule has 2 aromatic heterocycles. The average molecular weight is 401 g/mol. The lowest BCUT2D eigenvalue weighted by Crippen LogP contribution is -2.28. The van der Waals surface area contributed by atoms with E-state index in [1.165, 1.54) is 22.2 Å². The second-order valence-electron chi connectivity index (χ2n) is 6.21. The maximum absolute atomic E-state index is 12.8. The molecule has 0 spiro atoms. The zero-order chi connectivity index (χ0) is 20.3. The van der Waals surface area contributed by atoms with Gasteiger partial charge in [0.15, 0.2) is 0 Å². The minimum atomic E-state index is -0.345. The van der Waals surface area contributed by atoms with Crippen molar-refractivity contribution >= 4 is 33.1 Å². The van der Waals surface area contributed by atoms with Crippen LogP contribution in [0.1, 0.15) is 24.3 Å². The van der Waals surface area contributed by atoms with E-state index in [4.69, 9.17) is 9.47 Å². The molecule has 1 amide bonds. The van der Waals surface area contributed by atoms with Crippen LogP contribution in [0.3, 0.4) is 0 Å². The number of carbonyl (C=O) groups excluding carboxylic acids is 1. The van der Waals surface area contributed by atoms with E-state index in [0.29, 0.717) is 40.6 Å². The summed E-state index contributed by atoms with van der Waals surface area (Å²) < 4.78 is 12.4. The maximum Gasteiger partial charge on any atom is 0.262 e.